The molecule has 1 aromatic carbocycles. The third kappa shape index (κ3) is 4.89. The Labute approximate surface area is 182 Å². The second-order valence-corrected chi connectivity index (χ2v) is 7.60. The molecule has 156 valence electrons. The van der Waals surface area contributed by atoms with Crippen LogP contribution in [0.1, 0.15) is 39.6 Å². The van der Waals surface area contributed by atoms with Gasteiger partial charge in [0.15, 0.2) is 5.82 Å². The fourth-order valence-corrected chi connectivity index (χ4v) is 3.87. The van der Waals surface area contributed by atoms with E-state index in [9.17, 15) is 9.59 Å². The third-order valence-corrected chi connectivity index (χ3v) is 5.49. The van der Waals surface area contributed by atoms with E-state index in [1.165, 1.54) is 6.07 Å². The summed E-state index contributed by atoms with van der Waals surface area (Å²) in [5.74, 6) is 0.150. The Kier molecular flexibility index (Phi) is 6.23. The lowest BCUT2D eigenvalue weighted by Crippen LogP contribution is -2.30. The van der Waals surface area contributed by atoms with E-state index in [-0.39, 0.29) is 17.5 Å². The monoisotopic (exact) mass is 432 g/mol. The number of hydrogen-bond acceptors (Lipinski definition) is 7. The molecule has 0 spiro atoms. The summed E-state index contributed by atoms with van der Waals surface area (Å²) in [6, 6.07) is 16.1. The van der Waals surface area contributed by atoms with Crippen LogP contribution in [0.4, 0.5) is 0 Å². The Morgan fingerprint density at radius 1 is 1.16 bits per heavy atom. The van der Waals surface area contributed by atoms with E-state index < -0.39 is 0 Å². The van der Waals surface area contributed by atoms with Crippen LogP contribution in [0.2, 0.25) is 0 Å². The quantitative estimate of drug-likeness (QED) is 0.464. The number of aromatic amines is 1. The van der Waals surface area contributed by atoms with Gasteiger partial charge in [0.2, 0.25) is 0 Å². The zero-order valence-corrected chi connectivity index (χ0v) is 17.6. The molecule has 3 aromatic heterocycles. The molecule has 3 heterocycles. The first-order valence-corrected chi connectivity index (χ1v) is 10.6. The molecule has 0 bridgehead atoms. The maximum atomic E-state index is 12.9. The van der Waals surface area contributed by atoms with Crippen LogP contribution in [-0.2, 0) is 12.8 Å². The highest BCUT2D eigenvalue weighted by Crippen LogP contribution is 2.20. The van der Waals surface area contributed by atoms with Crippen molar-refractivity contribution in [3.63, 3.8) is 0 Å². The van der Waals surface area contributed by atoms with Crippen LogP contribution in [0.25, 0.3) is 11.5 Å². The van der Waals surface area contributed by atoms with E-state index >= 15 is 0 Å². The molecule has 0 saturated carbocycles. The number of aryl methyl sites for hydroxylation is 1. The Morgan fingerprint density at radius 3 is 2.71 bits per heavy atom. The van der Waals surface area contributed by atoms with Gasteiger partial charge in [-0.3, -0.25) is 14.6 Å². The fraction of sp³-hybridized carbons (Fsp3) is 0.182. The molecule has 1 unspecified atom stereocenters. The predicted molar refractivity (Wildman–Crippen MR) is 118 cm³/mol. The summed E-state index contributed by atoms with van der Waals surface area (Å²) in [6.45, 7) is 1.93. The molecular formula is C22H20N6O2S. The number of carbonyl (C=O) groups excluding carboxylic acids is 1. The van der Waals surface area contributed by atoms with Gasteiger partial charge in [0.25, 0.3) is 11.5 Å². The van der Waals surface area contributed by atoms with Gasteiger partial charge >= 0.3 is 0 Å². The normalized spacial score (nSPS) is 11.8. The molecule has 31 heavy (non-hydrogen) atoms. The molecule has 0 saturated heterocycles. The van der Waals surface area contributed by atoms with Crippen LogP contribution >= 0.6 is 11.5 Å². The second-order valence-electron chi connectivity index (χ2n) is 6.84. The van der Waals surface area contributed by atoms with Gasteiger partial charge in [0.1, 0.15) is 10.6 Å². The van der Waals surface area contributed by atoms with Gasteiger partial charge in [-0.25, -0.2) is 4.98 Å². The summed E-state index contributed by atoms with van der Waals surface area (Å²) in [4.78, 5) is 37.3. The standard InChI is InChI=1S/C22H20N6O2S/c1-2-16-20(31-28-27-16)22(30)25-18(14-8-4-3-5-9-14)12-15-13-19(29)26-21(24-15)17-10-6-7-11-23-17/h3-11,13,18H,2,12H2,1H3,(H,25,30)(H,24,26,29). The fourth-order valence-electron chi connectivity index (χ4n) is 3.22. The molecule has 0 radical (unpaired) electrons. The van der Waals surface area contributed by atoms with Crippen molar-refractivity contribution in [1.29, 1.82) is 0 Å². The van der Waals surface area contributed by atoms with E-state index in [0.29, 0.717) is 40.6 Å². The van der Waals surface area contributed by atoms with Crippen molar-refractivity contribution in [2.45, 2.75) is 25.8 Å². The van der Waals surface area contributed by atoms with Gasteiger partial charge < -0.3 is 10.3 Å². The lowest BCUT2D eigenvalue weighted by molar-refractivity contribution is 0.0939. The van der Waals surface area contributed by atoms with Crippen molar-refractivity contribution in [1.82, 2.24) is 29.9 Å². The van der Waals surface area contributed by atoms with Gasteiger partial charge in [0, 0.05) is 18.7 Å². The van der Waals surface area contributed by atoms with Gasteiger partial charge in [-0.2, -0.15) is 0 Å². The van der Waals surface area contributed by atoms with E-state index in [4.69, 9.17) is 0 Å². The van der Waals surface area contributed by atoms with Crippen LogP contribution in [0.5, 0.6) is 0 Å². The smallest absolute Gasteiger partial charge is 0.265 e. The lowest BCUT2D eigenvalue weighted by Gasteiger charge is -2.19. The number of amides is 1. The number of pyridine rings is 1. The lowest BCUT2D eigenvalue weighted by atomic mass is 10.0. The maximum Gasteiger partial charge on any atom is 0.265 e. The summed E-state index contributed by atoms with van der Waals surface area (Å²) in [7, 11) is 0. The summed E-state index contributed by atoms with van der Waals surface area (Å²) < 4.78 is 3.90. The minimum Gasteiger partial charge on any atom is -0.344 e. The molecule has 0 aliphatic carbocycles. The van der Waals surface area contributed by atoms with Crippen molar-refractivity contribution in [2.24, 2.45) is 0 Å². The van der Waals surface area contributed by atoms with Crippen molar-refractivity contribution >= 4 is 17.4 Å². The molecule has 4 rings (SSSR count). The molecule has 0 aliphatic heterocycles. The largest absolute Gasteiger partial charge is 0.344 e. The summed E-state index contributed by atoms with van der Waals surface area (Å²) in [5.41, 5.74) is 2.43. The topological polar surface area (TPSA) is 114 Å². The maximum absolute atomic E-state index is 12.9. The molecule has 1 atom stereocenters. The van der Waals surface area contributed by atoms with Crippen LogP contribution in [-0.4, -0.2) is 30.4 Å². The first kappa shape index (κ1) is 20.5. The Hall–Kier alpha value is -3.72. The zero-order chi connectivity index (χ0) is 21.6. The zero-order valence-electron chi connectivity index (χ0n) is 16.8. The molecule has 2 N–H and O–H groups in total. The highest BCUT2D eigenvalue weighted by molar-refractivity contribution is 7.08. The minimum absolute atomic E-state index is 0.240. The number of carbonyl (C=O) groups is 1. The first-order chi connectivity index (χ1) is 15.1. The molecule has 4 aromatic rings. The predicted octanol–water partition coefficient (Wildman–Crippen LogP) is 2.96. The van der Waals surface area contributed by atoms with Crippen LogP contribution < -0.4 is 10.9 Å². The number of nitrogens with zero attached hydrogens (tertiary/aromatic N) is 4. The highest BCUT2D eigenvalue weighted by atomic mass is 32.1. The average molecular weight is 433 g/mol. The van der Waals surface area contributed by atoms with Crippen LogP contribution in [0.15, 0.2) is 65.6 Å². The Bertz CT molecular complexity index is 1220. The molecule has 9 heteroatoms. The minimum atomic E-state index is -0.383. The van der Waals surface area contributed by atoms with Gasteiger partial charge in [-0.1, -0.05) is 47.8 Å². The number of aromatic nitrogens is 5. The summed E-state index contributed by atoms with van der Waals surface area (Å²) in [5, 5.41) is 7.08. The third-order valence-electron chi connectivity index (χ3n) is 4.72. The number of hydrogen-bond donors (Lipinski definition) is 2. The number of rotatable bonds is 7. The van der Waals surface area contributed by atoms with Crippen molar-refractivity contribution in [3.05, 3.63) is 93.0 Å². The summed E-state index contributed by atoms with van der Waals surface area (Å²) >= 11 is 1.08. The molecule has 8 nitrogen and oxygen atoms in total. The van der Waals surface area contributed by atoms with Crippen molar-refractivity contribution in [3.8, 4) is 11.5 Å². The van der Waals surface area contributed by atoms with E-state index in [1.807, 2.05) is 43.3 Å². The SMILES string of the molecule is CCc1nnsc1C(=O)NC(Cc1cc(=O)[nH]c(-c2ccccn2)n1)c1ccccc1. The van der Waals surface area contributed by atoms with Gasteiger partial charge in [-0.15, -0.1) is 5.10 Å². The van der Waals surface area contributed by atoms with E-state index in [1.54, 1.807) is 18.3 Å². The van der Waals surface area contributed by atoms with Crippen molar-refractivity contribution in [2.75, 3.05) is 0 Å². The van der Waals surface area contributed by atoms with Crippen LogP contribution in [0.3, 0.4) is 0 Å². The first-order valence-electron chi connectivity index (χ1n) is 9.82. The Morgan fingerprint density at radius 2 is 1.97 bits per heavy atom. The highest BCUT2D eigenvalue weighted by Gasteiger charge is 2.21. The van der Waals surface area contributed by atoms with Crippen molar-refractivity contribution < 1.29 is 4.79 Å². The molecule has 0 aliphatic rings. The number of nitrogens with one attached hydrogen (secondary N) is 2. The molecule has 0 fully saturated rings. The van der Waals surface area contributed by atoms with E-state index in [2.05, 4.69) is 29.9 Å². The van der Waals surface area contributed by atoms with Gasteiger partial charge in [-0.05, 0) is 35.6 Å². The van der Waals surface area contributed by atoms with Gasteiger partial charge in [0.05, 0.1) is 17.4 Å². The number of H-pyrrole nitrogens is 1. The Balaban J connectivity index is 1.65. The summed E-state index contributed by atoms with van der Waals surface area (Å²) in [6.07, 6.45) is 2.61. The number of benzene rings is 1. The van der Waals surface area contributed by atoms with Crippen LogP contribution in [0, 0.1) is 0 Å². The second kappa shape index (κ2) is 9.40. The molecule has 1 amide bonds. The van der Waals surface area contributed by atoms with E-state index in [0.717, 1.165) is 17.1 Å². The average Bonchev–Trinajstić information content (AvgIpc) is 3.29. The molecular weight excluding hydrogens is 412 g/mol.